The third-order valence-corrected chi connectivity index (χ3v) is 4.40. The average Bonchev–Trinajstić information content (AvgIpc) is 2.87. The molecule has 0 amide bonds. The van der Waals surface area contributed by atoms with Crippen molar-refractivity contribution in [2.75, 3.05) is 26.3 Å². The van der Waals surface area contributed by atoms with Crippen LogP contribution < -0.4 is 5.73 Å². The monoisotopic (exact) mass is 236 g/mol. The van der Waals surface area contributed by atoms with Gasteiger partial charge in [0.15, 0.2) is 0 Å². The van der Waals surface area contributed by atoms with Crippen LogP contribution in [-0.4, -0.2) is 42.8 Å². The summed E-state index contributed by atoms with van der Waals surface area (Å²) in [5.41, 5.74) is 6.66. The Kier molecular flexibility index (Phi) is 4.44. The molecule has 0 aromatic rings. The molecular formula is C14H24N2O. The summed E-state index contributed by atoms with van der Waals surface area (Å²) < 4.78 is 5.45. The van der Waals surface area contributed by atoms with Crippen LogP contribution in [0, 0.1) is 12.3 Å². The average molecular weight is 236 g/mol. The molecule has 3 nitrogen and oxygen atoms in total. The van der Waals surface area contributed by atoms with Crippen molar-refractivity contribution in [3.63, 3.8) is 0 Å². The molecular weight excluding hydrogens is 212 g/mol. The van der Waals surface area contributed by atoms with Gasteiger partial charge in [-0.15, -0.1) is 12.3 Å². The molecule has 0 bridgehead atoms. The lowest BCUT2D eigenvalue weighted by atomic mass is 9.83. The number of rotatable bonds is 4. The topological polar surface area (TPSA) is 38.5 Å². The van der Waals surface area contributed by atoms with E-state index in [2.05, 4.69) is 10.8 Å². The Labute approximate surface area is 105 Å². The van der Waals surface area contributed by atoms with Gasteiger partial charge in [0.25, 0.3) is 0 Å². The third kappa shape index (κ3) is 2.65. The van der Waals surface area contributed by atoms with Gasteiger partial charge in [-0.3, -0.25) is 4.90 Å². The van der Waals surface area contributed by atoms with E-state index in [0.29, 0.717) is 0 Å². The minimum absolute atomic E-state index is 0.209. The highest BCUT2D eigenvalue weighted by molar-refractivity contribution is 5.04. The van der Waals surface area contributed by atoms with Crippen molar-refractivity contribution in [3.05, 3.63) is 0 Å². The summed E-state index contributed by atoms with van der Waals surface area (Å²) in [5, 5.41) is 0. The van der Waals surface area contributed by atoms with Crippen LogP contribution >= 0.6 is 0 Å². The summed E-state index contributed by atoms with van der Waals surface area (Å²) in [7, 11) is 0. The number of hydrogen-bond acceptors (Lipinski definition) is 3. The fourth-order valence-electron chi connectivity index (χ4n) is 3.42. The third-order valence-electron chi connectivity index (χ3n) is 4.40. The second kappa shape index (κ2) is 5.86. The Morgan fingerprint density at radius 1 is 1.29 bits per heavy atom. The molecule has 2 rings (SSSR count). The molecule has 1 saturated carbocycles. The maximum atomic E-state index is 6.45. The molecule has 0 aromatic carbocycles. The van der Waals surface area contributed by atoms with Crippen LogP contribution in [0.4, 0.5) is 0 Å². The summed E-state index contributed by atoms with van der Waals surface area (Å²) in [6.07, 6.45) is 12.2. The van der Waals surface area contributed by atoms with E-state index in [4.69, 9.17) is 16.9 Å². The van der Waals surface area contributed by atoms with Crippen molar-refractivity contribution < 1.29 is 4.74 Å². The highest BCUT2D eigenvalue weighted by atomic mass is 16.5. The number of nitrogens with zero attached hydrogens (tertiary/aromatic N) is 1. The first-order chi connectivity index (χ1) is 8.29. The Bertz CT molecular complexity index is 272. The quantitative estimate of drug-likeness (QED) is 0.749. The zero-order chi connectivity index (χ0) is 12.1. The van der Waals surface area contributed by atoms with Crippen molar-refractivity contribution in [1.29, 1.82) is 0 Å². The summed E-state index contributed by atoms with van der Waals surface area (Å²) >= 11 is 0. The van der Waals surface area contributed by atoms with E-state index in [1.165, 1.54) is 25.7 Å². The first-order valence-electron chi connectivity index (χ1n) is 6.81. The first-order valence-corrected chi connectivity index (χ1v) is 6.81. The molecule has 1 aliphatic heterocycles. The lowest BCUT2D eigenvalue weighted by molar-refractivity contribution is -0.0314. The smallest absolute Gasteiger partial charge is 0.0594 e. The van der Waals surface area contributed by atoms with Gasteiger partial charge in [-0.1, -0.05) is 12.8 Å². The molecule has 17 heavy (non-hydrogen) atoms. The van der Waals surface area contributed by atoms with E-state index in [1.54, 1.807) is 0 Å². The molecule has 1 heterocycles. The molecule has 2 aliphatic rings. The van der Waals surface area contributed by atoms with Gasteiger partial charge in [0.2, 0.25) is 0 Å². The molecule has 2 N–H and O–H groups in total. The molecule has 0 spiro atoms. The number of terminal acetylenes is 1. The van der Waals surface area contributed by atoms with Crippen LogP contribution in [0.2, 0.25) is 0 Å². The van der Waals surface area contributed by atoms with Gasteiger partial charge in [-0.05, 0) is 19.3 Å². The van der Waals surface area contributed by atoms with Crippen LogP contribution in [0.3, 0.4) is 0 Å². The minimum atomic E-state index is 0.209. The predicted molar refractivity (Wildman–Crippen MR) is 69.6 cm³/mol. The second-order valence-electron chi connectivity index (χ2n) is 5.26. The van der Waals surface area contributed by atoms with Crippen LogP contribution in [0.15, 0.2) is 0 Å². The molecule has 3 heteroatoms. The molecule has 2 fully saturated rings. The van der Waals surface area contributed by atoms with Crippen molar-refractivity contribution in [2.45, 2.75) is 50.1 Å². The summed E-state index contributed by atoms with van der Waals surface area (Å²) in [6, 6.07) is 0.221. The summed E-state index contributed by atoms with van der Waals surface area (Å²) in [6.45, 7) is 3.76. The van der Waals surface area contributed by atoms with Crippen LogP contribution in [-0.2, 0) is 4.74 Å². The molecule has 0 radical (unpaired) electrons. The maximum Gasteiger partial charge on any atom is 0.0594 e. The van der Waals surface area contributed by atoms with Crippen LogP contribution in [0.25, 0.3) is 0 Å². The fraction of sp³-hybridized carbons (Fsp3) is 0.857. The van der Waals surface area contributed by atoms with Gasteiger partial charge < -0.3 is 10.5 Å². The molecule has 1 unspecified atom stereocenters. The van der Waals surface area contributed by atoms with E-state index < -0.39 is 0 Å². The zero-order valence-corrected chi connectivity index (χ0v) is 10.7. The van der Waals surface area contributed by atoms with Crippen molar-refractivity contribution in [2.24, 2.45) is 5.73 Å². The molecule has 96 valence electrons. The van der Waals surface area contributed by atoms with Gasteiger partial charge in [0.1, 0.15) is 0 Å². The standard InChI is InChI=1S/C14H24N2O/c1-2-3-6-13(15)14(7-4-5-8-14)16-9-11-17-12-10-16/h1,13H,3-12,15H2. The molecule has 1 saturated heterocycles. The predicted octanol–water partition coefficient (Wildman–Crippen LogP) is 1.37. The molecule has 0 aromatic heterocycles. The second-order valence-corrected chi connectivity index (χ2v) is 5.26. The van der Waals surface area contributed by atoms with Crippen LogP contribution in [0.5, 0.6) is 0 Å². The summed E-state index contributed by atoms with van der Waals surface area (Å²) in [5.74, 6) is 2.72. The lowest BCUT2D eigenvalue weighted by Gasteiger charge is -2.47. The SMILES string of the molecule is C#CCCC(N)C1(N2CCOCC2)CCCC1. The normalized spacial score (nSPS) is 26.6. The maximum absolute atomic E-state index is 6.45. The Balaban J connectivity index is 2.05. The van der Waals surface area contributed by atoms with Gasteiger partial charge in [0, 0.05) is 31.1 Å². The van der Waals surface area contributed by atoms with Gasteiger partial charge in [-0.25, -0.2) is 0 Å². The van der Waals surface area contributed by atoms with Crippen LogP contribution in [0.1, 0.15) is 38.5 Å². The first kappa shape index (κ1) is 12.9. The van der Waals surface area contributed by atoms with Gasteiger partial charge in [-0.2, -0.15) is 0 Å². The van der Waals surface area contributed by atoms with Crippen molar-refractivity contribution in [3.8, 4) is 12.3 Å². The summed E-state index contributed by atoms with van der Waals surface area (Å²) in [4.78, 5) is 2.57. The Hall–Kier alpha value is -0.560. The molecule has 1 atom stereocenters. The Morgan fingerprint density at radius 3 is 2.53 bits per heavy atom. The number of nitrogens with two attached hydrogens (primary N) is 1. The van der Waals surface area contributed by atoms with Gasteiger partial charge in [0.05, 0.1) is 13.2 Å². The van der Waals surface area contributed by atoms with E-state index in [9.17, 15) is 0 Å². The number of hydrogen-bond donors (Lipinski definition) is 1. The molecule has 1 aliphatic carbocycles. The van der Waals surface area contributed by atoms with Crippen molar-refractivity contribution in [1.82, 2.24) is 4.90 Å². The fourth-order valence-corrected chi connectivity index (χ4v) is 3.42. The highest BCUT2D eigenvalue weighted by Gasteiger charge is 2.44. The van der Waals surface area contributed by atoms with Crippen molar-refractivity contribution >= 4 is 0 Å². The van der Waals surface area contributed by atoms with E-state index in [-0.39, 0.29) is 11.6 Å². The van der Waals surface area contributed by atoms with E-state index in [1.807, 2.05) is 0 Å². The number of morpholine rings is 1. The largest absolute Gasteiger partial charge is 0.379 e. The minimum Gasteiger partial charge on any atom is -0.379 e. The van der Waals surface area contributed by atoms with E-state index in [0.717, 1.165) is 39.1 Å². The lowest BCUT2D eigenvalue weighted by Crippen LogP contribution is -2.61. The highest BCUT2D eigenvalue weighted by Crippen LogP contribution is 2.39. The number of ether oxygens (including phenoxy) is 1. The van der Waals surface area contributed by atoms with E-state index >= 15 is 0 Å². The zero-order valence-electron chi connectivity index (χ0n) is 10.7. The van der Waals surface area contributed by atoms with Gasteiger partial charge >= 0.3 is 0 Å². The Morgan fingerprint density at radius 2 is 1.94 bits per heavy atom.